The molecule has 0 radical (unpaired) electrons. The van der Waals surface area contributed by atoms with E-state index in [0.717, 1.165) is 42.5 Å². The van der Waals surface area contributed by atoms with Gasteiger partial charge in [-0.25, -0.2) is 14.4 Å². The van der Waals surface area contributed by atoms with Gasteiger partial charge in [-0.1, -0.05) is 0 Å². The highest BCUT2D eigenvalue weighted by atomic mass is 32.2. The number of halogens is 1. The number of aromatic nitrogens is 2. The summed E-state index contributed by atoms with van der Waals surface area (Å²) in [6.45, 7) is 3.10. The molecule has 0 spiro atoms. The highest BCUT2D eigenvalue weighted by Crippen LogP contribution is 2.38. The number of rotatable bonds is 5. The molecule has 32 heavy (non-hydrogen) atoms. The number of nitrogens with two attached hydrogens (primary N) is 1. The molecule has 9 heteroatoms. The number of hydrogen-bond acceptors (Lipinski definition) is 8. The summed E-state index contributed by atoms with van der Waals surface area (Å²) in [7, 11) is 0. The molecule has 2 fully saturated rings. The minimum Gasteiger partial charge on any atom is -0.486 e. The Kier molecular flexibility index (Phi) is 7.16. The molecule has 0 bridgehead atoms. The van der Waals surface area contributed by atoms with Crippen LogP contribution in [-0.2, 0) is 4.74 Å². The molecule has 3 aromatic rings. The first-order valence-corrected chi connectivity index (χ1v) is 12.2. The van der Waals surface area contributed by atoms with Crippen molar-refractivity contribution >= 4 is 45.5 Å². The molecule has 3 N–H and O–H groups in total. The fourth-order valence-corrected chi connectivity index (χ4v) is 3.70. The first-order chi connectivity index (χ1) is 15.6. The lowest BCUT2D eigenvalue weighted by Gasteiger charge is -2.34. The van der Waals surface area contributed by atoms with E-state index in [1.54, 1.807) is 17.8 Å². The van der Waals surface area contributed by atoms with Gasteiger partial charge in [-0.05, 0) is 43.2 Å². The summed E-state index contributed by atoms with van der Waals surface area (Å²) in [5.41, 5.74) is 9.17. The van der Waals surface area contributed by atoms with Crippen molar-refractivity contribution < 1.29 is 13.9 Å². The monoisotopic (exact) mass is 457 g/mol. The van der Waals surface area contributed by atoms with Crippen molar-refractivity contribution in [1.82, 2.24) is 9.97 Å². The Morgan fingerprint density at radius 3 is 2.72 bits per heavy atom. The molecule has 5 rings (SSSR count). The maximum Gasteiger partial charge on any atom is 0.146 e. The predicted octanol–water partition coefficient (Wildman–Crippen LogP) is 4.45. The van der Waals surface area contributed by atoms with Crippen LogP contribution in [0.2, 0.25) is 0 Å². The van der Waals surface area contributed by atoms with E-state index in [1.165, 1.54) is 18.5 Å². The Bertz CT molecular complexity index is 1070. The molecule has 3 heterocycles. The molecule has 2 saturated heterocycles. The summed E-state index contributed by atoms with van der Waals surface area (Å²) in [5, 5.41) is 4.22. The van der Waals surface area contributed by atoms with Gasteiger partial charge in [0.25, 0.3) is 0 Å². The summed E-state index contributed by atoms with van der Waals surface area (Å²) >= 11 is 1.75. The van der Waals surface area contributed by atoms with Gasteiger partial charge in [0.2, 0.25) is 0 Å². The molecule has 1 atom stereocenters. The third kappa shape index (κ3) is 4.99. The number of ether oxygens (including phenoxy) is 2. The van der Waals surface area contributed by atoms with Crippen molar-refractivity contribution in [2.24, 2.45) is 0 Å². The summed E-state index contributed by atoms with van der Waals surface area (Å²) in [5.74, 6) is 0.718. The first-order valence-electron chi connectivity index (χ1n) is 10.6. The van der Waals surface area contributed by atoms with Gasteiger partial charge < -0.3 is 25.4 Å². The standard InChI is InChI=1S/C21H22FN5O2.C2H6S/c22-13-2-3-16(19(8-13)29-15-4-7-28-11-15)26-21-20-17(24-12-25-21)9-14(23)10-18(20)27-5-1-6-27;1-3-2/h2-3,8-10,12,15H,1,4-7,11,23H2,(H,24,25,26);1-2H3/t15-;/m0./s1. The number of fused-ring (bicyclic) bond motifs is 1. The summed E-state index contributed by atoms with van der Waals surface area (Å²) < 4.78 is 25.3. The van der Waals surface area contributed by atoms with Crippen molar-refractivity contribution in [3.8, 4) is 5.75 Å². The summed E-state index contributed by atoms with van der Waals surface area (Å²) in [6, 6.07) is 8.24. The van der Waals surface area contributed by atoms with Crippen molar-refractivity contribution in [2.75, 3.05) is 54.8 Å². The Morgan fingerprint density at radius 1 is 1.22 bits per heavy atom. The maximum absolute atomic E-state index is 13.9. The van der Waals surface area contributed by atoms with Gasteiger partial charge in [-0.3, -0.25) is 0 Å². The van der Waals surface area contributed by atoms with Crippen LogP contribution in [0.3, 0.4) is 0 Å². The number of thioether (sulfide) groups is 1. The largest absolute Gasteiger partial charge is 0.486 e. The van der Waals surface area contributed by atoms with Crippen molar-refractivity contribution in [1.29, 1.82) is 0 Å². The first kappa shape index (κ1) is 22.4. The molecule has 2 aliphatic rings. The lowest BCUT2D eigenvalue weighted by Crippen LogP contribution is -2.37. The van der Waals surface area contributed by atoms with Crippen molar-refractivity contribution in [3.63, 3.8) is 0 Å². The normalized spacial score (nSPS) is 17.5. The van der Waals surface area contributed by atoms with Crippen LogP contribution in [0.5, 0.6) is 5.75 Å². The van der Waals surface area contributed by atoms with Crippen molar-refractivity contribution in [2.45, 2.75) is 18.9 Å². The topological polar surface area (TPSA) is 85.5 Å². The van der Waals surface area contributed by atoms with E-state index in [0.29, 0.717) is 36.2 Å². The van der Waals surface area contributed by atoms with Crippen LogP contribution < -0.4 is 20.7 Å². The quantitative estimate of drug-likeness (QED) is 0.544. The van der Waals surface area contributed by atoms with Gasteiger partial charge in [-0.15, -0.1) is 0 Å². The van der Waals surface area contributed by atoms with E-state index in [2.05, 4.69) is 20.2 Å². The summed E-state index contributed by atoms with van der Waals surface area (Å²) in [6.07, 6.45) is 7.42. The van der Waals surface area contributed by atoms with E-state index in [-0.39, 0.29) is 11.9 Å². The van der Waals surface area contributed by atoms with Gasteiger partial charge in [0.05, 0.1) is 35.5 Å². The van der Waals surface area contributed by atoms with Crippen LogP contribution in [0.15, 0.2) is 36.7 Å². The Morgan fingerprint density at radius 2 is 2.03 bits per heavy atom. The van der Waals surface area contributed by atoms with Gasteiger partial charge >= 0.3 is 0 Å². The molecule has 170 valence electrons. The minimum absolute atomic E-state index is 0.0871. The number of benzene rings is 2. The number of nitrogens with zero attached hydrogens (tertiary/aromatic N) is 3. The minimum atomic E-state index is -0.356. The SMILES string of the molecule is CSC.Nc1cc(N2CCC2)c2c(Nc3ccc(F)cc3O[C@H]3CCOC3)ncnc2c1. The third-order valence-corrected chi connectivity index (χ3v) is 5.31. The molecule has 0 unspecified atom stereocenters. The second kappa shape index (κ2) is 10.2. The van der Waals surface area contributed by atoms with Crippen LogP contribution in [0.25, 0.3) is 10.9 Å². The molecular weight excluding hydrogens is 429 g/mol. The Balaban J connectivity index is 0.000000775. The van der Waals surface area contributed by atoms with Crippen LogP contribution in [0.1, 0.15) is 12.8 Å². The van der Waals surface area contributed by atoms with Gasteiger partial charge in [0.15, 0.2) is 0 Å². The third-order valence-electron chi connectivity index (χ3n) is 5.31. The average Bonchev–Trinajstić information content (AvgIpc) is 3.22. The highest BCUT2D eigenvalue weighted by Gasteiger charge is 2.22. The smallest absolute Gasteiger partial charge is 0.146 e. The molecular formula is C23H28FN5O2S. The van der Waals surface area contributed by atoms with Crippen molar-refractivity contribution in [3.05, 3.63) is 42.5 Å². The molecule has 1 aromatic heterocycles. The second-order valence-corrected chi connectivity index (χ2v) is 8.59. The van der Waals surface area contributed by atoms with Crippen LogP contribution in [0, 0.1) is 5.82 Å². The molecule has 7 nitrogen and oxygen atoms in total. The van der Waals surface area contributed by atoms with E-state index < -0.39 is 0 Å². The Labute approximate surface area is 191 Å². The second-order valence-electron chi connectivity index (χ2n) is 7.77. The number of anilines is 4. The molecule has 2 aliphatic heterocycles. The molecule has 0 amide bonds. The number of nitrogen functional groups attached to an aromatic ring is 1. The van der Waals surface area contributed by atoms with Crippen LogP contribution in [0.4, 0.5) is 27.3 Å². The van der Waals surface area contributed by atoms with E-state index in [4.69, 9.17) is 15.2 Å². The predicted molar refractivity (Wildman–Crippen MR) is 130 cm³/mol. The van der Waals surface area contributed by atoms with Gasteiger partial charge in [0.1, 0.15) is 29.8 Å². The average molecular weight is 458 g/mol. The lowest BCUT2D eigenvalue weighted by molar-refractivity contribution is 0.141. The van der Waals surface area contributed by atoms with E-state index in [1.807, 2.05) is 24.6 Å². The number of hydrogen-bond donors (Lipinski definition) is 2. The molecule has 0 aliphatic carbocycles. The zero-order chi connectivity index (χ0) is 22.5. The lowest BCUT2D eigenvalue weighted by atomic mass is 10.1. The van der Waals surface area contributed by atoms with Gasteiger partial charge in [-0.2, -0.15) is 11.8 Å². The fourth-order valence-electron chi connectivity index (χ4n) is 3.70. The van der Waals surface area contributed by atoms with Crippen LogP contribution >= 0.6 is 11.8 Å². The number of nitrogens with one attached hydrogen (secondary N) is 1. The molecule has 2 aromatic carbocycles. The zero-order valence-corrected chi connectivity index (χ0v) is 19.1. The fraction of sp³-hybridized carbons (Fsp3) is 0.391. The van der Waals surface area contributed by atoms with E-state index in [9.17, 15) is 4.39 Å². The Hall–Kier alpha value is -2.78. The zero-order valence-electron chi connectivity index (χ0n) is 18.3. The van der Waals surface area contributed by atoms with Crippen LogP contribution in [-0.4, -0.2) is 54.9 Å². The summed E-state index contributed by atoms with van der Waals surface area (Å²) in [4.78, 5) is 11.1. The maximum atomic E-state index is 13.9. The highest BCUT2D eigenvalue weighted by molar-refractivity contribution is 7.97. The van der Waals surface area contributed by atoms with E-state index >= 15 is 0 Å². The molecule has 0 saturated carbocycles. The van der Waals surface area contributed by atoms with Gasteiger partial charge in [0, 0.05) is 31.3 Å².